The normalized spacial score (nSPS) is 9.33. The Hall–Kier alpha value is -1.16. The molecule has 3 nitrogen and oxygen atoms in total. The number of aldehydes is 1. The van der Waals surface area contributed by atoms with E-state index in [9.17, 15) is 9.59 Å². The van der Waals surface area contributed by atoms with E-state index in [2.05, 4.69) is 5.32 Å². The number of carbonyl (C=O) groups excluding carboxylic acids is 2. The van der Waals surface area contributed by atoms with Crippen molar-refractivity contribution in [3.8, 4) is 0 Å². The first-order chi connectivity index (χ1) is 5.84. The molecule has 1 rings (SSSR count). The van der Waals surface area contributed by atoms with Crippen LogP contribution < -0.4 is 5.32 Å². The van der Waals surface area contributed by atoms with Crippen LogP contribution in [0.2, 0.25) is 0 Å². The van der Waals surface area contributed by atoms with E-state index in [0.717, 1.165) is 6.29 Å². The van der Waals surface area contributed by atoms with Crippen molar-refractivity contribution in [3.63, 3.8) is 0 Å². The zero-order valence-corrected chi connectivity index (χ0v) is 7.26. The molecule has 0 saturated heterocycles. The van der Waals surface area contributed by atoms with E-state index in [1.807, 2.05) is 11.4 Å². The van der Waals surface area contributed by atoms with Gasteiger partial charge >= 0.3 is 0 Å². The van der Waals surface area contributed by atoms with Crippen LogP contribution in [0.3, 0.4) is 0 Å². The summed E-state index contributed by atoms with van der Waals surface area (Å²) in [6.45, 7) is 0.417. The summed E-state index contributed by atoms with van der Waals surface area (Å²) in [5, 5.41) is 4.47. The van der Waals surface area contributed by atoms with Gasteiger partial charge in [0.05, 0.1) is 4.88 Å². The second-order valence-electron chi connectivity index (χ2n) is 2.19. The maximum absolute atomic E-state index is 11.2. The fourth-order valence-electron chi connectivity index (χ4n) is 0.739. The van der Waals surface area contributed by atoms with Gasteiger partial charge in [-0.3, -0.25) is 4.79 Å². The van der Waals surface area contributed by atoms with Crippen LogP contribution in [0, 0.1) is 0 Å². The van der Waals surface area contributed by atoms with Gasteiger partial charge in [-0.05, 0) is 11.4 Å². The molecular formula is C8H9NO2S. The molecule has 1 aromatic rings. The monoisotopic (exact) mass is 183 g/mol. The van der Waals surface area contributed by atoms with Crippen LogP contribution in [0.4, 0.5) is 0 Å². The first-order valence-corrected chi connectivity index (χ1v) is 4.48. The number of rotatable bonds is 4. The fraction of sp³-hybridized carbons (Fsp3) is 0.250. The molecule has 0 aliphatic rings. The van der Waals surface area contributed by atoms with Crippen molar-refractivity contribution in [2.24, 2.45) is 0 Å². The molecule has 0 aliphatic carbocycles. The molecule has 0 fully saturated rings. The van der Waals surface area contributed by atoms with E-state index in [1.54, 1.807) is 6.07 Å². The molecule has 1 N–H and O–H groups in total. The Labute approximate surface area is 74.4 Å². The highest BCUT2D eigenvalue weighted by Crippen LogP contribution is 2.07. The van der Waals surface area contributed by atoms with Crippen molar-refractivity contribution >= 4 is 23.5 Å². The molecule has 0 saturated carbocycles. The largest absolute Gasteiger partial charge is 0.351 e. The Balaban J connectivity index is 2.34. The number of hydrogen-bond donors (Lipinski definition) is 1. The second-order valence-corrected chi connectivity index (χ2v) is 3.14. The maximum Gasteiger partial charge on any atom is 0.261 e. The van der Waals surface area contributed by atoms with Gasteiger partial charge < -0.3 is 10.1 Å². The van der Waals surface area contributed by atoms with E-state index in [-0.39, 0.29) is 5.91 Å². The molecular weight excluding hydrogens is 174 g/mol. The van der Waals surface area contributed by atoms with Crippen molar-refractivity contribution in [3.05, 3.63) is 22.4 Å². The Morgan fingerprint density at radius 2 is 2.50 bits per heavy atom. The molecule has 0 aromatic carbocycles. The van der Waals surface area contributed by atoms with Crippen LogP contribution in [0.15, 0.2) is 17.5 Å². The van der Waals surface area contributed by atoms with Gasteiger partial charge in [-0.25, -0.2) is 0 Å². The van der Waals surface area contributed by atoms with E-state index in [0.29, 0.717) is 17.8 Å². The van der Waals surface area contributed by atoms with Crippen LogP contribution in [-0.2, 0) is 4.79 Å². The van der Waals surface area contributed by atoms with Crippen LogP contribution in [-0.4, -0.2) is 18.7 Å². The first kappa shape index (κ1) is 8.93. The number of thiophene rings is 1. The minimum Gasteiger partial charge on any atom is -0.351 e. The third-order valence-corrected chi connectivity index (χ3v) is 2.16. The number of carbonyl (C=O) groups is 2. The Bertz CT molecular complexity index is 256. The average Bonchev–Trinajstić information content (AvgIpc) is 2.56. The lowest BCUT2D eigenvalue weighted by molar-refractivity contribution is -0.107. The predicted molar refractivity (Wildman–Crippen MR) is 47.3 cm³/mol. The second kappa shape index (κ2) is 4.66. The summed E-state index contributed by atoms with van der Waals surface area (Å²) in [6, 6.07) is 3.57. The Morgan fingerprint density at radius 1 is 1.67 bits per heavy atom. The van der Waals surface area contributed by atoms with Gasteiger partial charge in [0.1, 0.15) is 6.29 Å². The van der Waals surface area contributed by atoms with Gasteiger partial charge in [0, 0.05) is 13.0 Å². The van der Waals surface area contributed by atoms with Crippen molar-refractivity contribution in [2.45, 2.75) is 6.42 Å². The summed E-state index contributed by atoms with van der Waals surface area (Å²) < 4.78 is 0. The molecule has 0 atom stereocenters. The molecule has 1 amide bonds. The van der Waals surface area contributed by atoms with Crippen LogP contribution in [0.25, 0.3) is 0 Å². The molecule has 0 unspecified atom stereocenters. The lowest BCUT2D eigenvalue weighted by Crippen LogP contribution is -2.23. The van der Waals surface area contributed by atoms with Crippen molar-refractivity contribution in [1.82, 2.24) is 5.32 Å². The first-order valence-electron chi connectivity index (χ1n) is 3.60. The van der Waals surface area contributed by atoms with Crippen molar-refractivity contribution in [1.29, 1.82) is 0 Å². The topological polar surface area (TPSA) is 46.2 Å². The minimum absolute atomic E-state index is 0.105. The Morgan fingerprint density at radius 3 is 3.08 bits per heavy atom. The van der Waals surface area contributed by atoms with E-state index in [1.165, 1.54) is 11.3 Å². The molecule has 4 heteroatoms. The summed E-state index contributed by atoms with van der Waals surface area (Å²) in [5.74, 6) is -0.105. The molecule has 0 bridgehead atoms. The maximum atomic E-state index is 11.2. The number of hydrogen-bond acceptors (Lipinski definition) is 3. The summed E-state index contributed by atoms with van der Waals surface area (Å²) in [5.41, 5.74) is 0. The number of amides is 1. The molecule has 1 aromatic heterocycles. The lowest BCUT2D eigenvalue weighted by Gasteiger charge is -1.98. The van der Waals surface area contributed by atoms with Crippen molar-refractivity contribution < 1.29 is 9.59 Å². The molecule has 0 aliphatic heterocycles. The zero-order chi connectivity index (χ0) is 8.81. The van der Waals surface area contributed by atoms with Gasteiger partial charge in [0.15, 0.2) is 0 Å². The summed E-state index contributed by atoms with van der Waals surface area (Å²) in [7, 11) is 0. The van der Waals surface area contributed by atoms with Gasteiger partial charge in [-0.2, -0.15) is 0 Å². The smallest absolute Gasteiger partial charge is 0.261 e. The van der Waals surface area contributed by atoms with Gasteiger partial charge in [0.2, 0.25) is 0 Å². The van der Waals surface area contributed by atoms with Gasteiger partial charge in [0.25, 0.3) is 5.91 Å². The van der Waals surface area contributed by atoms with Crippen LogP contribution in [0.5, 0.6) is 0 Å². The van der Waals surface area contributed by atoms with Crippen LogP contribution >= 0.6 is 11.3 Å². The van der Waals surface area contributed by atoms with E-state index < -0.39 is 0 Å². The summed E-state index contributed by atoms with van der Waals surface area (Å²) >= 11 is 1.39. The average molecular weight is 183 g/mol. The third kappa shape index (κ3) is 2.47. The summed E-state index contributed by atoms with van der Waals surface area (Å²) in [6.07, 6.45) is 1.16. The molecule has 0 spiro atoms. The van der Waals surface area contributed by atoms with Gasteiger partial charge in [-0.1, -0.05) is 6.07 Å². The van der Waals surface area contributed by atoms with Crippen LogP contribution in [0.1, 0.15) is 16.1 Å². The van der Waals surface area contributed by atoms with E-state index in [4.69, 9.17) is 0 Å². The molecule has 1 heterocycles. The predicted octanol–water partition coefficient (Wildman–Crippen LogP) is 1.07. The molecule has 12 heavy (non-hydrogen) atoms. The quantitative estimate of drug-likeness (QED) is 0.560. The molecule has 64 valence electrons. The highest BCUT2D eigenvalue weighted by atomic mass is 32.1. The minimum atomic E-state index is -0.105. The van der Waals surface area contributed by atoms with Gasteiger partial charge in [-0.15, -0.1) is 11.3 Å². The summed E-state index contributed by atoms with van der Waals surface area (Å²) in [4.78, 5) is 21.8. The zero-order valence-electron chi connectivity index (χ0n) is 6.45. The highest BCUT2D eigenvalue weighted by molar-refractivity contribution is 7.12. The molecule has 0 radical (unpaired) electrons. The fourth-order valence-corrected chi connectivity index (χ4v) is 1.38. The SMILES string of the molecule is O=CCCNC(=O)c1cccs1. The lowest BCUT2D eigenvalue weighted by atomic mass is 10.4. The standard InChI is InChI=1S/C8H9NO2S/c10-5-2-4-9-8(11)7-3-1-6-12-7/h1,3,5-6H,2,4H2,(H,9,11). The number of nitrogens with one attached hydrogen (secondary N) is 1. The Kier molecular flexibility index (Phi) is 3.47. The highest BCUT2D eigenvalue weighted by Gasteiger charge is 2.03. The van der Waals surface area contributed by atoms with E-state index >= 15 is 0 Å². The third-order valence-electron chi connectivity index (χ3n) is 1.29. The van der Waals surface area contributed by atoms with Crippen molar-refractivity contribution in [2.75, 3.05) is 6.54 Å².